The number of nitrogens with zero attached hydrogens (tertiary/aromatic N) is 1. The first-order chi connectivity index (χ1) is 9.97. The lowest BCUT2D eigenvalue weighted by molar-refractivity contribution is -0.143. The van der Waals surface area contributed by atoms with E-state index in [2.05, 4.69) is 5.32 Å². The zero-order valence-corrected chi connectivity index (χ0v) is 12.6. The minimum absolute atomic E-state index is 0.323. The fourth-order valence-electron chi connectivity index (χ4n) is 2.92. The number of methoxy groups -OCH3 is 1. The molecule has 2 N–H and O–H groups in total. The molecule has 2 aliphatic heterocycles. The van der Waals surface area contributed by atoms with Gasteiger partial charge in [-0.3, -0.25) is 0 Å². The highest BCUT2D eigenvalue weighted by atomic mass is 16.5. The van der Waals surface area contributed by atoms with Crippen molar-refractivity contribution >= 4 is 12.0 Å². The van der Waals surface area contributed by atoms with Crippen LogP contribution in [0.3, 0.4) is 0 Å². The average Bonchev–Trinajstić information content (AvgIpc) is 2.94. The van der Waals surface area contributed by atoms with Gasteiger partial charge in [-0.25, -0.2) is 9.59 Å². The number of carboxylic acid groups (broad SMARTS) is 1. The molecule has 0 aromatic rings. The molecule has 2 aliphatic rings. The van der Waals surface area contributed by atoms with Crippen molar-refractivity contribution in [1.29, 1.82) is 0 Å². The smallest absolute Gasteiger partial charge is 0.326 e. The maximum atomic E-state index is 12.3. The molecule has 7 nitrogen and oxygen atoms in total. The van der Waals surface area contributed by atoms with Crippen LogP contribution in [0.5, 0.6) is 0 Å². The first-order valence-electron chi connectivity index (χ1n) is 7.37. The highest BCUT2D eigenvalue weighted by Gasteiger charge is 2.38. The fourth-order valence-corrected chi connectivity index (χ4v) is 2.92. The molecule has 0 bridgehead atoms. The van der Waals surface area contributed by atoms with E-state index in [9.17, 15) is 14.7 Å². The largest absolute Gasteiger partial charge is 0.480 e. The summed E-state index contributed by atoms with van der Waals surface area (Å²) in [5.74, 6) is -0.619. The summed E-state index contributed by atoms with van der Waals surface area (Å²) in [6.07, 6.45) is 2.06. The summed E-state index contributed by atoms with van der Waals surface area (Å²) >= 11 is 0. The Balaban J connectivity index is 1.93. The van der Waals surface area contributed by atoms with E-state index in [1.54, 1.807) is 7.11 Å². The second kappa shape index (κ2) is 6.62. The van der Waals surface area contributed by atoms with E-state index in [-0.39, 0.29) is 6.03 Å². The Hall–Kier alpha value is -1.34. The molecule has 0 radical (unpaired) electrons. The Bertz CT molecular complexity index is 395. The van der Waals surface area contributed by atoms with Gasteiger partial charge in [-0.15, -0.1) is 0 Å². The van der Waals surface area contributed by atoms with Gasteiger partial charge < -0.3 is 24.8 Å². The molecule has 2 heterocycles. The number of carbonyl (C=O) groups is 2. The molecule has 0 aromatic carbocycles. The summed E-state index contributed by atoms with van der Waals surface area (Å²) in [7, 11) is 1.60. The van der Waals surface area contributed by atoms with Crippen molar-refractivity contribution in [1.82, 2.24) is 10.2 Å². The maximum Gasteiger partial charge on any atom is 0.326 e. The molecule has 0 aliphatic carbocycles. The summed E-state index contributed by atoms with van der Waals surface area (Å²) in [6.45, 7) is 3.88. The Morgan fingerprint density at radius 1 is 1.52 bits per heavy atom. The van der Waals surface area contributed by atoms with Gasteiger partial charge in [0.15, 0.2) is 0 Å². The van der Waals surface area contributed by atoms with Crippen LogP contribution in [0, 0.1) is 5.92 Å². The number of amides is 2. The van der Waals surface area contributed by atoms with Crippen molar-refractivity contribution in [2.45, 2.75) is 37.8 Å². The third-order valence-electron chi connectivity index (χ3n) is 4.47. The van der Waals surface area contributed by atoms with Crippen LogP contribution in [0.4, 0.5) is 4.79 Å². The molecule has 2 fully saturated rings. The first-order valence-corrected chi connectivity index (χ1v) is 7.37. The highest BCUT2D eigenvalue weighted by molar-refractivity contribution is 5.83. The minimum atomic E-state index is -0.942. The van der Waals surface area contributed by atoms with E-state index in [1.165, 1.54) is 4.90 Å². The number of carbonyl (C=O) groups excluding carboxylic acids is 1. The van der Waals surface area contributed by atoms with Crippen LogP contribution in [0.15, 0.2) is 0 Å². The van der Waals surface area contributed by atoms with Gasteiger partial charge in [-0.2, -0.15) is 0 Å². The van der Waals surface area contributed by atoms with Crippen LogP contribution in [0.25, 0.3) is 0 Å². The topological polar surface area (TPSA) is 88.1 Å². The lowest BCUT2D eigenvalue weighted by Gasteiger charge is -2.36. The predicted molar refractivity (Wildman–Crippen MR) is 75.1 cm³/mol. The molecule has 0 spiro atoms. The normalized spacial score (nSPS) is 33.0. The zero-order valence-electron chi connectivity index (χ0n) is 12.6. The van der Waals surface area contributed by atoms with Crippen molar-refractivity contribution in [3.63, 3.8) is 0 Å². The summed E-state index contributed by atoms with van der Waals surface area (Å²) in [6, 6.07) is -1.08. The van der Waals surface area contributed by atoms with E-state index >= 15 is 0 Å². The average molecular weight is 300 g/mol. The van der Waals surface area contributed by atoms with Gasteiger partial charge in [0.25, 0.3) is 0 Å². The van der Waals surface area contributed by atoms with Gasteiger partial charge in [-0.1, -0.05) is 6.92 Å². The predicted octanol–water partition coefficient (Wildman–Crippen LogP) is 0.687. The third-order valence-corrected chi connectivity index (χ3v) is 4.47. The number of nitrogens with one attached hydrogen (secondary N) is 1. The van der Waals surface area contributed by atoms with Crippen LogP contribution in [0.1, 0.15) is 26.2 Å². The molecular weight excluding hydrogens is 276 g/mol. The van der Waals surface area contributed by atoms with Crippen LogP contribution in [-0.2, 0) is 14.3 Å². The molecule has 0 saturated carbocycles. The van der Waals surface area contributed by atoms with Crippen molar-refractivity contribution in [3.8, 4) is 0 Å². The Morgan fingerprint density at radius 3 is 2.86 bits per heavy atom. The van der Waals surface area contributed by atoms with E-state index in [0.29, 0.717) is 38.6 Å². The summed E-state index contributed by atoms with van der Waals surface area (Å²) in [5.41, 5.74) is -0.489. The Kier molecular flexibility index (Phi) is 5.05. The van der Waals surface area contributed by atoms with Crippen LogP contribution < -0.4 is 5.32 Å². The minimum Gasteiger partial charge on any atom is -0.480 e. The number of rotatable bonds is 4. The van der Waals surface area contributed by atoms with E-state index < -0.39 is 17.6 Å². The number of hydrogen-bond donors (Lipinski definition) is 2. The quantitative estimate of drug-likeness (QED) is 0.797. The number of urea groups is 1. The third kappa shape index (κ3) is 3.65. The van der Waals surface area contributed by atoms with E-state index in [1.807, 2.05) is 6.92 Å². The number of aliphatic carboxylic acids is 1. The van der Waals surface area contributed by atoms with Crippen molar-refractivity contribution in [3.05, 3.63) is 0 Å². The standard InChI is InChI=1S/C14H24N2O5/c1-10-3-5-16(11(7-10)12(17)18)13(19)15-8-14(20-2)4-6-21-9-14/h10-11H,3-9H2,1-2H3,(H,15,19)(H,17,18). The van der Waals surface area contributed by atoms with Crippen molar-refractivity contribution in [2.75, 3.05) is 33.4 Å². The van der Waals surface area contributed by atoms with Crippen molar-refractivity contribution in [2.24, 2.45) is 5.92 Å². The molecule has 0 aromatic heterocycles. The fraction of sp³-hybridized carbons (Fsp3) is 0.857. The molecule has 120 valence electrons. The number of piperidine rings is 1. The van der Waals surface area contributed by atoms with Gasteiger partial charge in [0.1, 0.15) is 11.6 Å². The zero-order chi connectivity index (χ0) is 15.5. The second-order valence-corrected chi connectivity index (χ2v) is 6.03. The Morgan fingerprint density at radius 2 is 2.29 bits per heavy atom. The maximum absolute atomic E-state index is 12.3. The van der Waals surface area contributed by atoms with Crippen molar-refractivity contribution < 1.29 is 24.2 Å². The molecular formula is C14H24N2O5. The molecule has 21 heavy (non-hydrogen) atoms. The van der Waals surface area contributed by atoms with Crippen LogP contribution >= 0.6 is 0 Å². The van der Waals surface area contributed by atoms with Gasteiger partial charge in [0.2, 0.25) is 0 Å². The molecule has 3 atom stereocenters. The molecule has 2 saturated heterocycles. The molecule has 2 amide bonds. The van der Waals surface area contributed by atoms with Gasteiger partial charge in [0, 0.05) is 26.7 Å². The number of carboxylic acids is 1. The number of ether oxygens (including phenoxy) is 2. The van der Waals surface area contributed by atoms with Crippen LogP contribution in [0.2, 0.25) is 0 Å². The lowest BCUT2D eigenvalue weighted by atomic mass is 9.93. The summed E-state index contributed by atoms with van der Waals surface area (Å²) in [4.78, 5) is 25.0. The molecule has 2 rings (SSSR count). The number of hydrogen-bond acceptors (Lipinski definition) is 4. The number of likely N-dealkylation sites (tertiary alicyclic amines) is 1. The van der Waals surface area contributed by atoms with Gasteiger partial charge >= 0.3 is 12.0 Å². The summed E-state index contributed by atoms with van der Waals surface area (Å²) in [5, 5.41) is 12.1. The first kappa shape index (κ1) is 16.0. The Labute approximate surface area is 124 Å². The highest BCUT2D eigenvalue weighted by Crippen LogP contribution is 2.24. The monoisotopic (exact) mass is 300 g/mol. The van der Waals surface area contributed by atoms with Crippen LogP contribution in [-0.4, -0.2) is 67.1 Å². The SMILES string of the molecule is COC1(CNC(=O)N2CCC(C)CC2C(=O)O)CCOC1. The van der Waals surface area contributed by atoms with E-state index in [4.69, 9.17) is 9.47 Å². The summed E-state index contributed by atoms with van der Waals surface area (Å²) < 4.78 is 10.8. The second-order valence-electron chi connectivity index (χ2n) is 6.03. The van der Waals surface area contributed by atoms with Gasteiger partial charge in [-0.05, 0) is 18.8 Å². The van der Waals surface area contributed by atoms with E-state index in [0.717, 1.165) is 12.8 Å². The molecule has 3 unspecified atom stereocenters. The van der Waals surface area contributed by atoms with Gasteiger partial charge in [0.05, 0.1) is 13.2 Å². The molecule has 7 heteroatoms. The lowest BCUT2D eigenvalue weighted by Crippen LogP contribution is -2.56.